The first kappa shape index (κ1) is 22.2. The first-order chi connectivity index (χ1) is 14.0. The number of piperidine rings is 1. The van der Waals surface area contributed by atoms with Gasteiger partial charge in [-0.15, -0.1) is 0 Å². The summed E-state index contributed by atoms with van der Waals surface area (Å²) in [5, 5.41) is 2.97. The lowest BCUT2D eigenvalue weighted by Gasteiger charge is -2.27. The van der Waals surface area contributed by atoms with Crippen LogP contribution in [0.4, 0.5) is 0 Å². The Morgan fingerprint density at radius 2 is 1.69 bits per heavy atom. The number of nitrogens with zero attached hydrogens (tertiary/aromatic N) is 1. The average molecular weight is 423 g/mol. The predicted molar refractivity (Wildman–Crippen MR) is 115 cm³/mol. The zero-order valence-electron chi connectivity index (χ0n) is 17.7. The van der Waals surface area contributed by atoms with Gasteiger partial charge in [-0.25, -0.2) is 8.42 Å². The first-order valence-electron chi connectivity index (χ1n) is 11.2. The van der Waals surface area contributed by atoms with E-state index in [0.717, 1.165) is 44.6 Å². The lowest BCUT2D eigenvalue weighted by atomic mass is 9.99. The van der Waals surface area contributed by atoms with Gasteiger partial charge >= 0.3 is 0 Å². The van der Waals surface area contributed by atoms with Crippen molar-refractivity contribution in [2.75, 3.05) is 39.3 Å². The maximum Gasteiger partial charge on any atom is 0.251 e. The highest BCUT2D eigenvalue weighted by molar-refractivity contribution is 7.89. The van der Waals surface area contributed by atoms with Gasteiger partial charge in [-0.1, -0.05) is 19.8 Å². The molecule has 2 saturated heterocycles. The lowest BCUT2D eigenvalue weighted by Crippen LogP contribution is -3.13. The molecular formula is C22H36N3O3S+. The third kappa shape index (κ3) is 6.27. The summed E-state index contributed by atoms with van der Waals surface area (Å²) < 4.78 is 27.2. The molecule has 0 aliphatic carbocycles. The Bertz CT molecular complexity index is 748. The third-order valence-corrected chi connectivity index (χ3v) is 8.21. The summed E-state index contributed by atoms with van der Waals surface area (Å²) in [6.07, 6.45) is 7.57. The molecule has 29 heavy (non-hydrogen) atoms. The van der Waals surface area contributed by atoms with E-state index < -0.39 is 10.0 Å². The summed E-state index contributed by atoms with van der Waals surface area (Å²) in [6, 6.07) is 6.37. The molecule has 1 amide bonds. The van der Waals surface area contributed by atoms with Crippen molar-refractivity contribution in [3.05, 3.63) is 29.8 Å². The fourth-order valence-electron chi connectivity index (χ4n) is 4.27. The van der Waals surface area contributed by atoms with E-state index in [1.165, 1.54) is 25.9 Å². The zero-order chi connectivity index (χ0) is 20.7. The van der Waals surface area contributed by atoms with Crippen LogP contribution in [-0.2, 0) is 10.0 Å². The first-order valence-corrected chi connectivity index (χ1v) is 12.6. The minimum Gasteiger partial charge on any atom is -0.352 e. The Morgan fingerprint density at radius 3 is 2.31 bits per heavy atom. The number of sulfonamides is 1. The van der Waals surface area contributed by atoms with Crippen LogP contribution >= 0.6 is 0 Å². The van der Waals surface area contributed by atoms with Crippen LogP contribution in [0.1, 0.15) is 62.2 Å². The molecular weight excluding hydrogens is 386 g/mol. The van der Waals surface area contributed by atoms with Gasteiger partial charge in [-0.3, -0.25) is 4.79 Å². The van der Waals surface area contributed by atoms with Crippen molar-refractivity contribution < 1.29 is 18.1 Å². The minimum atomic E-state index is -3.47. The van der Waals surface area contributed by atoms with E-state index in [4.69, 9.17) is 0 Å². The minimum absolute atomic E-state index is 0.133. The van der Waals surface area contributed by atoms with E-state index in [0.29, 0.717) is 25.2 Å². The van der Waals surface area contributed by atoms with Gasteiger partial charge in [-0.2, -0.15) is 4.31 Å². The molecule has 2 N–H and O–H groups in total. The molecule has 1 aromatic rings. The van der Waals surface area contributed by atoms with Crippen LogP contribution in [0.5, 0.6) is 0 Å². The van der Waals surface area contributed by atoms with Crippen LogP contribution in [0.25, 0.3) is 0 Å². The van der Waals surface area contributed by atoms with Crippen LogP contribution in [0.15, 0.2) is 29.2 Å². The normalized spacial score (nSPS) is 24.0. The summed E-state index contributed by atoms with van der Waals surface area (Å²) in [5.41, 5.74) is 0.513. The van der Waals surface area contributed by atoms with Crippen molar-refractivity contribution >= 4 is 15.9 Å². The van der Waals surface area contributed by atoms with Crippen LogP contribution in [0, 0.1) is 5.92 Å². The summed E-state index contributed by atoms with van der Waals surface area (Å²) in [5.74, 6) is 0.718. The molecule has 2 aliphatic heterocycles. The van der Waals surface area contributed by atoms with E-state index in [1.807, 2.05) is 0 Å². The number of nitrogens with one attached hydrogen (secondary N) is 2. The van der Waals surface area contributed by atoms with Crippen molar-refractivity contribution in [2.45, 2.75) is 56.8 Å². The average Bonchev–Trinajstić information content (AvgIpc) is 3.03. The molecule has 0 saturated carbocycles. The number of likely N-dealkylation sites (tertiary alicyclic amines) is 1. The SMILES string of the molecule is CC1CC[NH+](CCCNC(=O)c2ccc(S(=O)(=O)N3CCCCCC3)cc2)CC1. The van der Waals surface area contributed by atoms with Crippen molar-refractivity contribution in [1.29, 1.82) is 0 Å². The Hall–Kier alpha value is -1.44. The van der Waals surface area contributed by atoms with Gasteiger partial charge in [0.05, 0.1) is 24.5 Å². The fourth-order valence-corrected chi connectivity index (χ4v) is 5.79. The van der Waals surface area contributed by atoms with E-state index in [1.54, 1.807) is 33.5 Å². The van der Waals surface area contributed by atoms with Gasteiger partial charge < -0.3 is 10.2 Å². The van der Waals surface area contributed by atoms with Crippen molar-refractivity contribution in [2.24, 2.45) is 5.92 Å². The topological polar surface area (TPSA) is 70.9 Å². The van der Waals surface area contributed by atoms with E-state index in [-0.39, 0.29) is 10.8 Å². The quantitative estimate of drug-likeness (QED) is 0.657. The fraction of sp³-hybridized carbons (Fsp3) is 0.682. The van der Waals surface area contributed by atoms with Crippen molar-refractivity contribution in [1.82, 2.24) is 9.62 Å². The number of carbonyl (C=O) groups excluding carboxylic acids is 1. The van der Waals surface area contributed by atoms with Crippen LogP contribution in [0.2, 0.25) is 0 Å². The van der Waals surface area contributed by atoms with Gasteiger partial charge in [0, 0.05) is 31.6 Å². The summed E-state index contributed by atoms with van der Waals surface area (Å²) in [7, 11) is -3.47. The molecule has 7 heteroatoms. The molecule has 1 aromatic carbocycles. The maximum atomic E-state index is 12.8. The van der Waals surface area contributed by atoms with Gasteiger partial charge in [-0.05, 0) is 55.9 Å². The number of amides is 1. The van der Waals surface area contributed by atoms with Gasteiger partial charge in [0.25, 0.3) is 5.91 Å². The number of hydrogen-bond acceptors (Lipinski definition) is 3. The predicted octanol–water partition coefficient (Wildman–Crippen LogP) is 1.69. The van der Waals surface area contributed by atoms with E-state index in [9.17, 15) is 13.2 Å². The number of rotatable bonds is 7. The molecule has 2 fully saturated rings. The Balaban J connectivity index is 1.47. The molecule has 162 valence electrons. The molecule has 3 rings (SSSR count). The maximum absolute atomic E-state index is 12.8. The van der Waals surface area contributed by atoms with Crippen molar-refractivity contribution in [3.63, 3.8) is 0 Å². The van der Waals surface area contributed by atoms with Gasteiger partial charge in [0.15, 0.2) is 0 Å². The molecule has 2 heterocycles. The highest BCUT2D eigenvalue weighted by Gasteiger charge is 2.25. The molecule has 0 bridgehead atoms. The molecule has 0 spiro atoms. The molecule has 6 nitrogen and oxygen atoms in total. The summed E-state index contributed by atoms with van der Waals surface area (Å²) in [4.78, 5) is 14.3. The highest BCUT2D eigenvalue weighted by Crippen LogP contribution is 2.20. The Labute approximate surface area is 175 Å². The monoisotopic (exact) mass is 422 g/mol. The van der Waals surface area contributed by atoms with Crippen LogP contribution in [-0.4, -0.2) is 57.9 Å². The van der Waals surface area contributed by atoms with E-state index in [2.05, 4.69) is 12.2 Å². The zero-order valence-corrected chi connectivity index (χ0v) is 18.5. The third-order valence-electron chi connectivity index (χ3n) is 6.29. The lowest BCUT2D eigenvalue weighted by molar-refractivity contribution is -0.906. The molecule has 0 unspecified atom stereocenters. The molecule has 0 aromatic heterocycles. The number of benzene rings is 1. The largest absolute Gasteiger partial charge is 0.352 e. The number of quaternary nitrogens is 1. The van der Waals surface area contributed by atoms with Crippen molar-refractivity contribution in [3.8, 4) is 0 Å². The smallest absolute Gasteiger partial charge is 0.251 e. The molecule has 0 atom stereocenters. The van der Waals surface area contributed by atoms with Crippen LogP contribution < -0.4 is 10.2 Å². The van der Waals surface area contributed by atoms with E-state index >= 15 is 0 Å². The summed E-state index contributed by atoms with van der Waals surface area (Å²) in [6.45, 7) is 7.72. The van der Waals surface area contributed by atoms with Crippen LogP contribution in [0.3, 0.4) is 0 Å². The standard InChI is InChI=1S/C22H35N3O3S/c1-19-11-17-24(18-12-19)14-6-13-23-22(26)20-7-9-21(10-8-20)29(27,28)25-15-4-2-3-5-16-25/h7-10,19H,2-6,11-18H2,1H3,(H,23,26)/p+1. The van der Waals surface area contributed by atoms with Gasteiger partial charge in [0.2, 0.25) is 10.0 Å². The molecule has 2 aliphatic rings. The van der Waals surface area contributed by atoms with Gasteiger partial charge in [0.1, 0.15) is 0 Å². The number of carbonyl (C=O) groups is 1. The Morgan fingerprint density at radius 1 is 1.07 bits per heavy atom. The second-order valence-electron chi connectivity index (χ2n) is 8.63. The second kappa shape index (κ2) is 10.5. The Kier molecular flexibility index (Phi) is 8.09. The summed E-state index contributed by atoms with van der Waals surface area (Å²) >= 11 is 0. The molecule has 0 radical (unpaired) electrons. The number of hydrogen-bond donors (Lipinski definition) is 2. The highest BCUT2D eigenvalue weighted by atomic mass is 32.2. The second-order valence-corrected chi connectivity index (χ2v) is 10.6.